The van der Waals surface area contributed by atoms with Crippen LogP contribution in [-0.2, 0) is 9.59 Å². The Kier molecular flexibility index (Phi) is 4.26. The molecule has 1 heterocycles. The summed E-state index contributed by atoms with van der Waals surface area (Å²) in [6.07, 6.45) is 13.5. The van der Waals surface area contributed by atoms with Crippen LogP contribution in [-0.4, -0.2) is 24.3 Å². The van der Waals surface area contributed by atoms with Gasteiger partial charge in [-0.1, -0.05) is 20.3 Å². The Balaban J connectivity index is 1.20. The molecule has 4 nitrogen and oxygen atoms in total. The predicted molar refractivity (Wildman–Crippen MR) is 116 cm³/mol. The van der Waals surface area contributed by atoms with E-state index < -0.39 is 0 Å². The lowest BCUT2D eigenvalue weighted by molar-refractivity contribution is -0.133. The van der Waals surface area contributed by atoms with Crippen molar-refractivity contribution in [1.29, 1.82) is 0 Å². The summed E-state index contributed by atoms with van der Waals surface area (Å²) in [6.45, 7) is 5.82. The molecule has 164 valence electrons. The van der Waals surface area contributed by atoms with E-state index in [-0.39, 0.29) is 22.5 Å². The van der Waals surface area contributed by atoms with Gasteiger partial charge in [-0.05, 0) is 86.4 Å². The van der Waals surface area contributed by atoms with Crippen LogP contribution < -0.4 is 10.6 Å². The zero-order valence-corrected chi connectivity index (χ0v) is 18.7. The van der Waals surface area contributed by atoms with E-state index in [1.807, 2.05) is 6.08 Å². The van der Waals surface area contributed by atoms with Crippen molar-refractivity contribution in [3.63, 3.8) is 0 Å². The molecule has 0 spiro atoms. The van der Waals surface area contributed by atoms with Crippen molar-refractivity contribution in [1.82, 2.24) is 10.6 Å². The van der Waals surface area contributed by atoms with E-state index in [0.717, 1.165) is 31.2 Å². The summed E-state index contributed by atoms with van der Waals surface area (Å²) in [5, 5.41) is 7.22. The van der Waals surface area contributed by atoms with Gasteiger partial charge in [0.2, 0.25) is 5.91 Å². The Labute approximate surface area is 181 Å². The molecule has 5 fully saturated rings. The normalized spacial score (nSPS) is 51.5. The first kappa shape index (κ1) is 19.4. The highest BCUT2D eigenvalue weighted by Gasteiger charge is 2.60. The minimum absolute atomic E-state index is 0.127. The highest BCUT2D eigenvalue weighted by atomic mass is 16.2. The van der Waals surface area contributed by atoms with Crippen molar-refractivity contribution in [2.75, 3.05) is 6.54 Å². The minimum Gasteiger partial charge on any atom is -0.387 e. The van der Waals surface area contributed by atoms with Gasteiger partial charge in [0.1, 0.15) is 0 Å². The summed E-state index contributed by atoms with van der Waals surface area (Å²) in [5.41, 5.74) is 1.47. The molecule has 0 aromatic rings. The molecule has 0 aromatic heterocycles. The lowest BCUT2D eigenvalue weighted by Crippen LogP contribution is -2.57. The summed E-state index contributed by atoms with van der Waals surface area (Å²) < 4.78 is 0. The van der Waals surface area contributed by atoms with Crippen LogP contribution in [0.3, 0.4) is 0 Å². The predicted octanol–water partition coefficient (Wildman–Crippen LogP) is 4.21. The average Bonchev–Trinajstić information content (AvgIpc) is 3.42. The molecular formula is C26H38N2O2. The second-order valence-electron chi connectivity index (χ2n) is 12.2. The van der Waals surface area contributed by atoms with E-state index in [1.165, 1.54) is 50.6 Å². The first-order chi connectivity index (χ1) is 14.4. The van der Waals surface area contributed by atoms with Gasteiger partial charge in [-0.2, -0.15) is 0 Å². The number of carbonyl (C=O) groups is 2. The van der Waals surface area contributed by atoms with Crippen LogP contribution >= 0.6 is 0 Å². The summed E-state index contributed by atoms with van der Waals surface area (Å²) in [5.74, 6) is 4.41. The monoisotopic (exact) mass is 410 g/mol. The van der Waals surface area contributed by atoms with Crippen molar-refractivity contribution in [3.8, 4) is 0 Å². The lowest BCUT2D eigenvalue weighted by Gasteiger charge is -2.58. The van der Waals surface area contributed by atoms with Crippen LogP contribution in [0.1, 0.15) is 78.1 Å². The highest BCUT2D eigenvalue weighted by Crippen LogP contribution is 2.64. The molecule has 9 atom stereocenters. The molecule has 6 rings (SSSR count). The number of rotatable bonds is 2. The SMILES string of the molecule is C[C@]12CC[C@H]3[C@@H](CNC4=CC(=O)CC[C@@]43C)[C@@H]1CC[C@@H]2C(=O)NC1CC2CCC1C2. The molecule has 3 unspecified atom stereocenters. The number of ketones is 1. The molecule has 30 heavy (non-hydrogen) atoms. The second-order valence-corrected chi connectivity index (χ2v) is 12.2. The number of hydrogen-bond donors (Lipinski definition) is 2. The molecular weight excluding hydrogens is 372 g/mol. The van der Waals surface area contributed by atoms with E-state index >= 15 is 0 Å². The number of piperidine rings is 1. The Morgan fingerprint density at radius 1 is 1.07 bits per heavy atom. The Morgan fingerprint density at radius 3 is 2.70 bits per heavy atom. The van der Waals surface area contributed by atoms with Crippen molar-refractivity contribution >= 4 is 11.7 Å². The van der Waals surface area contributed by atoms with Crippen molar-refractivity contribution in [2.24, 2.45) is 46.3 Å². The van der Waals surface area contributed by atoms with Gasteiger partial charge in [-0.15, -0.1) is 0 Å². The van der Waals surface area contributed by atoms with Gasteiger partial charge in [0, 0.05) is 42.1 Å². The summed E-state index contributed by atoms with van der Waals surface area (Å²) in [7, 11) is 0. The van der Waals surface area contributed by atoms with Crippen LogP contribution in [0.2, 0.25) is 0 Å². The molecule has 4 saturated carbocycles. The minimum atomic E-state index is 0.127. The maximum atomic E-state index is 13.5. The first-order valence-electron chi connectivity index (χ1n) is 12.7. The van der Waals surface area contributed by atoms with Crippen LogP contribution in [0, 0.1) is 46.3 Å². The zero-order valence-electron chi connectivity index (χ0n) is 18.7. The van der Waals surface area contributed by atoms with Gasteiger partial charge in [-0.25, -0.2) is 0 Å². The van der Waals surface area contributed by atoms with Crippen LogP contribution in [0.5, 0.6) is 0 Å². The molecule has 6 aliphatic rings. The van der Waals surface area contributed by atoms with Crippen molar-refractivity contribution in [2.45, 2.75) is 84.1 Å². The summed E-state index contributed by atoms with van der Waals surface area (Å²) in [4.78, 5) is 25.5. The van der Waals surface area contributed by atoms with Gasteiger partial charge in [0.05, 0.1) is 0 Å². The Morgan fingerprint density at radius 2 is 1.93 bits per heavy atom. The van der Waals surface area contributed by atoms with Gasteiger partial charge >= 0.3 is 0 Å². The van der Waals surface area contributed by atoms with E-state index in [1.54, 1.807) is 0 Å². The fraction of sp³-hybridized carbons (Fsp3) is 0.846. The largest absolute Gasteiger partial charge is 0.387 e. The van der Waals surface area contributed by atoms with Crippen LogP contribution in [0.25, 0.3) is 0 Å². The number of fused-ring (bicyclic) bond motifs is 7. The first-order valence-corrected chi connectivity index (χ1v) is 12.7. The molecule has 1 amide bonds. The topological polar surface area (TPSA) is 58.2 Å². The molecule has 5 aliphatic carbocycles. The third-order valence-electron chi connectivity index (χ3n) is 11.0. The zero-order chi connectivity index (χ0) is 20.7. The number of hydrogen-bond acceptors (Lipinski definition) is 3. The standard InChI is InChI=1S/C26H38N2O2/c1-25-10-8-20-18(14-27-23-13-17(29)7-9-26(20,23)2)19(25)5-6-21(25)24(30)28-22-12-15-3-4-16(22)11-15/h13,15-16,18-22,27H,3-12,14H2,1-2H3,(H,28,30)/t15?,16?,18-,19-,20-,21+,22?,25-,26+/m0/s1. The number of nitrogens with one attached hydrogen (secondary N) is 2. The maximum absolute atomic E-state index is 13.5. The molecule has 0 radical (unpaired) electrons. The van der Waals surface area contributed by atoms with E-state index in [4.69, 9.17) is 0 Å². The van der Waals surface area contributed by atoms with Crippen LogP contribution in [0.4, 0.5) is 0 Å². The van der Waals surface area contributed by atoms with Crippen molar-refractivity contribution in [3.05, 3.63) is 11.8 Å². The van der Waals surface area contributed by atoms with Gasteiger partial charge in [0.15, 0.2) is 5.78 Å². The van der Waals surface area contributed by atoms with Gasteiger partial charge in [0.25, 0.3) is 0 Å². The molecule has 2 bridgehead atoms. The Hall–Kier alpha value is -1.32. The third-order valence-corrected chi connectivity index (χ3v) is 11.0. The van der Waals surface area contributed by atoms with E-state index in [9.17, 15) is 9.59 Å². The Bertz CT molecular complexity index is 805. The fourth-order valence-corrected chi connectivity index (χ4v) is 9.28. The van der Waals surface area contributed by atoms with E-state index in [2.05, 4.69) is 24.5 Å². The van der Waals surface area contributed by atoms with Crippen molar-refractivity contribution < 1.29 is 9.59 Å². The smallest absolute Gasteiger partial charge is 0.223 e. The maximum Gasteiger partial charge on any atom is 0.223 e. The van der Waals surface area contributed by atoms with Gasteiger partial charge < -0.3 is 10.6 Å². The fourth-order valence-electron chi connectivity index (χ4n) is 9.28. The number of amides is 1. The average molecular weight is 411 g/mol. The molecule has 4 heteroatoms. The summed E-state index contributed by atoms with van der Waals surface area (Å²) >= 11 is 0. The molecule has 1 aliphatic heterocycles. The van der Waals surface area contributed by atoms with E-state index in [0.29, 0.717) is 36.1 Å². The number of allylic oxidation sites excluding steroid dienone is 2. The lowest BCUT2D eigenvalue weighted by atomic mass is 9.50. The molecule has 1 saturated heterocycles. The molecule has 2 N–H and O–H groups in total. The summed E-state index contributed by atoms with van der Waals surface area (Å²) in [6, 6.07) is 0.456. The molecule has 0 aromatic carbocycles. The number of carbonyl (C=O) groups excluding carboxylic acids is 2. The highest BCUT2D eigenvalue weighted by molar-refractivity contribution is 5.91. The second kappa shape index (κ2) is 6.59. The third kappa shape index (κ3) is 2.64. The van der Waals surface area contributed by atoms with Gasteiger partial charge in [-0.3, -0.25) is 9.59 Å². The quantitative estimate of drug-likeness (QED) is 0.717. The van der Waals surface area contributed by atoms with Crippen LogP contribution in [0.15, 0.2) is 11.8 Å².